The Morgan fingerprint density at radius 1 is 1.69 bits per heavy atom. The Labute approximate surface area is 98.0 Å². The van der Waals surface area contributed by atoms with Crippen LogP contribution >= 0.6 is 11.6 Å². The molecule has 4 nitrogen and oxygen atoms in total. The van der Waals surface area contributed by atoms with E-state index in [0.29, 0.717) is 0 Å². The molecule has 0 atom stereocenters. The first kappa shape index (κ1) is 12.7. The van der Waals surface area contributed by atoms with E-state index >= 15 is 0 Å². The van der Waals surface area contributed by atoms with Crippen LogP contribution in [0.25, 0.3) is 0 Å². The molecule has 0 aliphatic heterocycles. The topological polar surface area (TPSA) is 68.0 Å². The van der Waals surface area contributed by atoms with Crippen LogP contribution in [0.2, 0.25) is 5.02 Å². The summed E-state index contributed by atoms with van der Waals surface area (Å²) in [6.07, 6.45) is 1.41. The molecule has 1 rings (SSSR count). The van der Waals surface area contributed by atoms with Crippen molar-refractivity contribution in [2.75, 3.05) is 5.32 Å². The highest BCUT2D eigenvalue weighted by Gasteiger charge is 2.22. The summed E-state index contributed by atoms with van der Waals surface area (Å²) >= 11 is 5.57. The van der Waals surface area contributed by atoms with Gasteiger partial charge in [-0.2, -0.15) is 0 Å². The van der Waals surface area contributed by atoms with E-state index in [1.165, 1.54) is 6.20 Å². The minimum atomic E-state index is -0.659. The van der Waals surface area contributed by atoms with E-state index < -0.39 is 17.3 Å². The molecule has 0 saturated carbocycles. The second-order valence-electron chi connectivity index (χ2n) is 4.14. The van der Waals surface area contributed by atoms with Gasteiger partial charge in [0.15, 0.2) is 11.6 Å². The van der Waals surface area contributed by atoms with Gasteiger partial charge in [0.1, 0.15) is 0 Å². The lowest BCUT2D eigenvalue weighted by atomic mass is 10.0. The van der Waals surface area contributed by atoms with E-state index in [9.17, 15) is 9.18 Å². The van der Waals surface area contributed by atoms with Crippen molar-refractivity contribution in [1.82, 2.24) is 4.98 Å². The maximum Gasteiger partial charge on any atom is 0.219 e. The molecule has 6 heteroatoms. The number of nitrogens with zero attached hydrogens (tertiary/aromatic N) is 1. The smallest absolute Gasteiger partial charge is 0.219 e. The molecule has 16 heavy (non-hydrogen) atoms. The number of anilines is 1. The first-order chi connectivity index (χ1) is 7.30. The van der Waals surface area contributed by atoms with Gasteiger partial charge in [-0.25, -0.2) is 9.37 Å². The molecule has 1 heterocycles. The maximum atomic E-state index is 13.4. The van der Waals surface area contributed by atoms with Gasteiger partial charge in [-0.1, -0.05) is 11.6 Å². The van der Waals surface area contributed by atoms with Crippen molar-refractivity contribution < 1.29 is 9.18 Å². The van der Waals surface area contributed by atoms with Crippen molar-refractivity contribution >= 4 is 23.3 Å². The normalized spacial score (nSPS) is 11.2. The zero-order valence-electron chi connectivity index (χ0n) is 9.05. The largest absolute Gasteiger partial charge is 0.370 e. The van der Waals surface area contributed by atoms with Crippen LogP contribution < -0.4 is 11.1 Å². The summed E-state index contributed by atoms with van der Waals surface area (Å²) in [5.74, 6) is -0.979. The molecule has 0 radical (unpaired) electrons. The SMILES string of the molecule is CC(C)(CC(N)=O)Nc1ncc(Cl)cc1F. The zero-order valence-corrected chi connectivity index (χ0v) is 9.81. The minimum absolute atomic E-state index is 0.0515. The van der Waals surface area contributed by atoms with Crippen LogP contribution in [0.5, 0.6) is 0 Å². The average Bonchev–Trinajstić information content (AvgIpc) is 2.07. The minimum Gasteiger partial charge on any atom is -0.370 e. The molecule has 0 saturated heterocycles. The molecule has 0 bridgehead atoms. The first-order valence-electron chi connectivity index (χ1n) is 4.68. The monoisotopic (exact) mass is 245 g/mol. The quantitative estimate of drug-likeness (QED) is 0.852. The van der Waals surface area contributed by atoms with Gasteiger partial charge in [0, 0.05) is 18.2 Å². The third-order valence-corrected chi connectivity index (χ3v) is 2.09. The number of rotatable bonds is 4. The summed E-state index contributed by atoms with van der Waals surface area (Å²) < 4.78 is 13.4. The molecule has 0 unspecified atom stereocenters. The molecule has 88 valence electrons. The highest BCUT2D eigenvalue weighted by Crippen LogP contribution is 2.20. The molecule has 3 N–H and O–H groups in total. The van der Waals surface area contributed by atoms with Gasteiger partial charge < -0.3 is 11.1 Å². The number of hydrogen-bond acceptors (Lipinski definition) is 3. The average molecular weight is 246 g/mol. The fraction of sp³-hybridized carbons (Fsp3) is 0.400. The van der Waals surface area contributed by atoms with Crippen molar-refractivity contribution in [2.24, 2.45) is 5.73 Å². The van der Waals surface area contributed by atoms with Crippen molar-refractivity contribution in [3.63, 3.8) is 0 Å². The number of halogens is 2. The predicted molar refractivity (Wildman–Crippen MR) is 60.7 cm³/mol. The van der Waals surface area contributed by atoms with E-state index in [1.807, 2.05) is 0 Å². The third kappa shape index (κ3) is 3.66. The predicted octanol–water partition coefficient (Wildman–Crippen LogP) is 1.94. The van der Waals surface area contributed by atoms with Gasteiger partial charge in [0.05, 0.1) is 5.02 Å². The number of hydrogen-bond donors (Lipinski definition) is 2. The van der Waals surface area contributed by atoms with E-state index in [-0.39, 0.29) is 17.3 Å². The Balaban J connectivity index is 2.83. The molecule has 0 aliphatic rings. The molecule has 0 spiro atoms. The molecule has 1 aromatic heterocycles. The molecule has 0 aromatic carbocycles. The van der Waals surface area contributed by atoms with Crippen molar-refractivity contribution in [3.05, 3.63) is 23.1 Å². The second kappa shape index (κ2) is 4.65. The third-order valence-electron chi connectivity index (χ3n) is 1.88. The van der Waals surface area contributed by atoms with Gasteiger partial charge >= 0.3 is 0 Å². The number of nitrogens with one attached hydrogen (secondary N) is 1. The lowest BCUT2D eigenvalue weighted by Crippen LogP contribution is -2.36. The number of primary amides is 1. The van der Waals surface area contributed by atoms with Crippen LogP contribution in [-0.2, 0) is 4.79 Å². The summed E-state index contributed by atoms with van der Waals surface area (Å²) in [4.78, 5) is 14.6. The van der Waals surface area contributed by atoms with E-state index in [4.69, 9.17) is 17.3 Å². The fourth-order valence-corrected chi connectivity index (χ4v) is 1.45. The van der Waals surface area contributed by atoms with Crippen LogP contribution in [-0.4, -0.2) is 16.4 Å². The summed E-state index contributed by atoms with van der Waals surface area (Å²) in [7, 11) is 0. The number of amides is 1. The van der Waals surface area contributed by atoms with Gasteiger partial charge in [0.25, 0.3) is 0 Å². The standard InChI is InChI=1S/C10H13ClFN3O/c1-10(2,4-8(13)16)15-9-7(12)3-6(11)5-14-9/h3,5H,4H2,1-2H3,(H2,13,16)(H,14,15). The highest BCUT2D eigenvalue weighted by molar-refractivity contribution is 6.30. The number of carbonyl (C=O) groups is 1. The number of carbonyl (C=O) groups excluding carboxylic acids is 1. The Morgan fingerprint density at radius 3 is 2.81 bits per heavy atom. The molecule has 0 aliphatic carbocycles. The Bertz CT molecular complexity index is 409. The molecular formula is C10H13ClFN3O. The van der Waals surface area contributed by atoms with Gasteiger partial charge in [-0.15, -0.1) is 0 Å². The van der Waals surface area contributed by atoms with Gasteiger partial charge in [-0.05, 0) is 19.9 Å². The zero-order chi connectivity index (χ0) is 12.3. The van der Waals surface area contributed by atoms with Crippen molar-refractivity contribution in [1.29, 1.82) is 0 Å². The van der Waals surface area contributed by atoms with Crippen LogP contribution in [0, 0.1) is 5.82 Å². The second-order valence-corrected chi connectivity index (χ2v) is 4.57. The summed E-state index contributed by atoms with van der Waals surface area (Å²) in [5.41, 5.74) is 4.42. The number of aromatic nitrogens is 1. The van der Waals surface area contributed by atoms with Crippen LogP contribution in [0.1, 0.15) is 20.3 Å². The Morgan fingerprint density at radius 2 is 2.31 bits per heavy atom. The van der Waals surface area contributed by atoms with E-state index in [0.717, 1.165) is 6.07 Å². The number of nitrogens with two attached hydrogens (primary N) is 1. The van der Waals surface area contributed by atoms with Gasteiger partial charge in [-0.3, -0.25) is 4.79 Å². The van der Waals surface area contributed by atoms with Crippen molar-refractivity contribution in [2.45, 2.75) is 25.8 Å². The molecule has 1 aromatic rings. The van der Waals surface area contributed by atoms with Crippen LogP contribution in [0.15, 0.2) is 12.3 Å². The molecule has 0 fully saturated rings. The Kier molecular flexibility index (Phi) is 3.70. The lowest BCUT2D eigenvalue weighted by Gasteiger charge is -2.25. The van der Waals surface area contributed by atoms with Gasteiger partial charge in [0.2, 0.25) is 5.91 Å². The lowest BCUT2D eigenvalue weighted by molar-refractivity contribution is -0.118. The summed E-state index contributed by atoms with van der Waals surface area (Å²) in [6.45, 7) is 3.46. The van der Waals surface area contributed by atoms with E-state index in [2.05, 4.69) is 10.3 Å². The number of pyridine rings is 1. The maximum absolute atomic E-state index is 13.4. The summed E-state index contributed by atoms with van der Waals surface area (Å²) in [6, 6.07) is 1.15. The Hall–Kier alpha value is -1.36. The molecule has 1 amide bonds. The van der Waals surface area contributed by atoms with E-state index in [1.54, 1.807) is 13.8 Å². The molecular weight excluding hydrogens is 233 g/mol. The highest BCUT2D eigenvalue weighted by atomic mass is 35.5. The van der Waals surface area contributed by atoms with Crippen LogP contribution in [0.3, 0.4) is 0 Å². The first-order valence-corrected chi connectivity index (χ1v) is 5.05. The van der Waals surface area contributed by atoms with Crippen LogP contribution in [0.4, 0.5) is 10.2 Å². The summed E-state index contributed by atoms with van der Waals surface area (Å²) in [5, 5.41) is 3.02. The fourth-order valence-electron chi connectivity index (χ4n) is 1.31. The van der Waals surface area contributed by atoms with Crippen molar-refractivity contribution in [3.8, 4) is 0 Å².